The van der Waals surface area contributed by atoms with Crippen LogP contribution in [-0.4, -0.2) is 22.1 Å². The SMILES string of the molecule is CCOC(=O)c1sc(-c2ccc3c(c2)c(C#N)cn3CC2CCCC2)nc1C. The molecule has 2 aromatic heterocycles. The fourth-order valence-corrected chi connectivity index (χ4v) is 5.00. The molecule has 0 N–H and O–H groups in total. The minimum Gasteiger partial charge on any atom is -0.462 e. The van der Waals surface area contributed by atoms with Gasteiger partial charge in [-0.05, 0) is 50.8 Å². The second kappa shape index (κ2) is 7.76. The fraction of sp³-hybridized carbons (Fsp3) is 0.409. The lowest BCUT2D eigenvalue weighted by Gasteiger charge is -2.11. The Bertz CT molecular complexity index is 1070. The minimum absolute atomic E-state index is 0.328. The molecule has 144 valence electrons. The molecule has 0 radical (unpaired) electrons. The van der Waals surface area contributed by atoms with E-state index < -0.39 is 0 Å². The standard InChI is InChI=1S/C22H23N3O2S/c1-3-27-22(26)20-14(2)24-21(28-20)16-8-9-19-18(10-16)17(11-23)13-25(19)12-15-6-4-5-7-15/h8-10,13,15H,3-7,12H2,1-2H3. The quantitative estimate of drug-likeness (QED) is 0.551. The van der Waals surface area contributed by atoms with E-state index in [-0.39, 0.29) is 5.97 Å². The number of carbonyl (C=O) groups is 1. The number of hydrogen-bond donors (Lipinski definition) is 0. The Kier molecular flexibility index (Phi) is 5.19. The Balaban J connectivity index is 1.71. The molecule has 5 nitrogen and oxygen atoms in total. The number of esters is 1. The molecule has 1 saturated carbocycles. The van der Waals surface area contributed by atoms with Gasteiger partial charge in [0.15, 0.2) is 0 Å². The maximum absolute atomic E-state index is 12.1. The molecule has 1 aliphatic rings. The summed E-state index contributed by atoms with van der Waals surface area (Å²) in [5.74, 6) is 0.376. The number of aromatic nitrogens is 2. The Morgan fingerprint density at radius 2 is 2.18 bits per heavy atom. The summed E-state index contributed by atoms with van der Waals surface area (Å²) in [5.41, 5.74) is 3.38. The molecule has 1 aliphatic carbocycles. The smallest absolute Gasteiger partial charge is 0.350 e. The molecule has 1 aromatic carbocycles. The van der Waals surface area contributed by atoms with Crippen LogP contribution in [0, 0.1) is 24.2 Å². The van der Waals surface area contributed by atoms with Gasteiger partial charge in [-0.15, -0.1) is 11.3 Å². The Morgan fingerprint density at radius 3 is 2.89 bits per heavy atom. The third kappa shape index (κ3) is 3.43. The zero-order chi connectivity index (χ0) is 19.7. The first-order chi connectivity index (χ1) is 13.6. The number of ether oxygens (including phenoxy) is 1. The monoisotopic (exact) mass is 393 g/mol. The van der Waals surface area contributed by atoms with Crippen LogP contribution in [0.25, 0.3) is 21.5 Å². The molecule has 0 bridgehead atoms. The first-order valence-corrected chi connectivity index (χ1v) is 10.6. The summed E-state index contributed by atoms with van der Waals surface area (Å²) in [6.45, 7) is 4.94. The summed E-state index contributed by atoms with van der Waals surface area (Å²) < 4.78 is 7.34. The zero-order valence-corrected chi connectivity index (χ0v) is 17.0. The largest absolute Gasteiger partial charge is 0.462 e. The third-order valence-corrected chi connectivity index (χ3v) is 6.62. The fourth-order valence-electron chi connectivity index (χ4n) is 4.05. The molecular weight excluding hydrogens is 370 g/mol. The number of benzene rings is 1. The van der Waals surface area contributed by atoms with Crippen LogP contribution in [0.4, 0.5) is 0 Å². The highest BCUT2D eigenvalue weighted by Gasteiger charge is 2.20. The van der Waals surface area contributed by atoms with E-state index in [0.717, 1.165) is 28.0 Å². The molecule has 0 aliphatic heterocycles. The van der Waals surface area contributed by atoms with Gasteiger partial charge in [0.25, 0.3) is 0 Å². The van der Waals surface area contributed by atoms with Crippen LogP contribution >= 0.6 is 11.3 Å². The van der Waals surface area contributed by atoms with Crippen LogP contribution in [0.3, 0.4) is 0 Å². The summed E-state index contributed by atoms with van der Waals surface area (Å²) >= 11 is 1.34. The van der Waals surface area contributed by atoms with E-state index in [9.17, 15) is 10.1 Å². The maximum atomic E-state index is 12.1. The van der Waals surface area contributed by atoms with Crippen molar-refractivity contribution in [1.29, 1.82) is 5.26 Å². The lowest BCUT2D eigenvalue weighted by atomic mass is 10.1. The van der Waals surface area contributed by atoms with Gasteiger partial charge in [-0.25, -0.2) is 9.78 Å². The first kappa shape index (κ1) is 18.7. The van der Waals surface area contributed by atoms with Crippen molar-refractivity contribution in [2.45, 2.75) is 46.1 Å². The maximum Gasteiger partial charge on any atom is 0.350 e. The van der Waals surface area contributed by atoms with Crippen molar-refractivity contribution in [3.8, 4) is 16.6 Å². The molecule has 1 fully saturated rings. The Labute approximate surface area is 168 Å². The summed E-state index contributed by atoms with van der Waals surface area (Å²) in [6, 6.07) is 8.45. The van der Waals surface area contributed by atoms with Gasteiger partial charge in [0.05, 0.1) is 17.9 Å². The van der Waals surface area contributed by atoms with Gasteiger partial charge in [0.2, 0.25) is 0 Å². The average molecular weight is 394 g/mol. The lowest BCUT2D eigenvalue weighted by molar-refractivity contribution is 0.0531. The highest BCUT2D eigenvalue weighted by molar-refractivity contribution is 7.17. The zero-order valence-electron chi connectivity index (χ0n) is 16.2. The molecule has 0 saturated heterocycles. The summed E-state index contributed by atoms with van der Waals surface area (Å²) in [5, 5.41) is 11.3. The molecule has 0 spiro atoms. The van der Waals surface area contributed by atoms with Crippen LogP contribution in [0.1, 0.15) is 53.5 Å². The van der Waals surface area contributed by atoms with Crippen molar-refractivity contribution < 1.29 is 9.53 Å². The predicted molar refractivity (Wildman–Crippen MR) is 110 cm³/mol. The summed E-state index contributed by atoms with van der Waals surface area (Å²) in [6.07, 6.45) is 7.14. The molecule has 2 heterocycles. The molecule has 3 aromatic rings. The van der Waals surface area contributed by atoms with Gasteiger partial charge in [-0.1, -0.05) is 12.8 Å². The highest BCUT2D eigenvalue weighted by atomic mass is 32.1. The van der Waals surface area contributed by atoms with Gasteiger partial charge < -0.3 is 9.30 Å². The van der Waals surface area contributed by atoms with E-state index >= 15 is 0 Å². The molecule has 4 rings (SSSR count). The van der Waals surface area contributed by atoms with Gasteiger partial charge >= 0.3 is 5.97 Å². The van der Waals surface area contributed by atoms with Crippen LogP contribution in [0.15, 0.2) is 24.4 Å². The van der Waals surface area contributed by atoms with Crippen molar-refractivity contribution in [1.82, 2.24) is 9.55 Å². The Morgan fingerprint density at radius 1 is 1.39 bits per heavy atom. The van der Waals surface area contributed by atoms with Gasteiger partial charge in [-0.2, -0.15) is 5.26 Å². The molecule has 6 heteroatoms. The van der Waals surface area contributed by atoms with Crippen LogP contribution in [0.2, 0.25) is 0 Å². The van der Waals surface area contributed by atoms with Crippen molar-refractivity contribution in [2.75, 3.05) is 6.61 Å². The van der Waals surface area contributed by atoms with Gasteiger partial charge in [0.1, 0.15) is 16.0 Å². The van der Waals surface area contributed by atoms with Crippen molar-refractivity contribution in [2.24, 2.45) is 5.92 Å². The van der Waals surface area contributed by atoms with E-state index in [1.165, 1.54) is 37.0 Å². The second-order valence-electron chi connectivity index (χ2n) is 7.34. The predicted octanol–water partition coefficient (Wildman–Crippen LogP) is 5.31. The van der Waals surface area contributed by atoms with Crippen molar-refractivity contribution >= 4 is 28.2 Å². The van der Waals surface area contributed by atoms with Crippen molar-refractivity contribution in [3.05, 3.63) is 40.5 Å². The molecule has 0 atom stereocenters. The van der Waals surface area contributed by atoms with E-state index in [4.69, 9.17) is 4.74 Å². The second-order valence-corrected chi connectivity index (χ2v) is 8.34. The van der Waals surface area contributed by atoms with Gasteiger partial charge in [-0.3, -0.25) is 0 Å². The third-order valence-electron chi connectivity index (χ3n) is 5.44. The number of nitriles is 1. The molecule has 0 unspecified atom stereocenters. The number of fused-ring (bicyclic) bond motifs is 1. The first-order valence-electron chi connectivity index (χ1n) is 9.78. The molecule has 0 amide bonds. The van der Waals surface area contributed by atoms with Crippen LogP contribution in [0.5, 0.6) is 0 Å². The summed E-state index contributed by atoms with van der Waals surface area (Å²) in [7, 11) is 0. The number of thiazole rings is 1. The normalized spacial score (nSPS) is 14.5. The summed E-state index contributed by atoms with van der Waals surface area (Å²) in [4.78, 5) is 17.2. The molecule has 28 heavy (non-hydrogen) atoms. The number of hydrogen-bond acceptors (Lipinski definition) is 5. The lowest BCUT2D eigenvalue weighted by Crippen LogP contribution is -2.05. The van der Waals surface area contributed by atoms with Crippen LogP contribution < -0.4 is 0 Å². The van der Waals surface area contributed by atoms with E-state index in [0.29, 0.717) is 28.7 Å². The number of nitrogens with zero attached hydrogens (tertiary/aromatic N) is 3. The van der Waals surface area contributed by atoms with E-state index in [1.54, 1.807) is 6.92 Å². The number of aryl methyl sites for hydroxylation is 1. The number of rotatable bonds is 5. The topological polar surface area (TPSA) is 67.9 Å². The minimum atomic E-state index is -0.328. The highest BCUT2D eigenvalue weighted by Crippen LogP contribution is 2.33. The number of carbonyl (C=O) groups excluding carboxylic acids is 1. The van der Waals surface area contributed by atoms with Crippen molar-refractivity contribution in [3.63, 3.8) is 0 Å². The molecular formula is C22H23N3O2S. The van der Waals surface area contributed by atoms with E-state index in [2.05, 4.69) is 21.7 Å². The average Bonchev–Trinajstić information content (AvgIpc) is 3.41. The van der Waals surface area contributed by atoms with E-state index in [1.807, 2.05) is 25.3 Å². The van der Waals surface area contributed by atoms with Gasteiger partial charge in [0, 0.05) is 29.2 Å². The Hall–Kier alpha value is -2.65. The van der Waals surface area contributed by atoms with Crippen LogP contribution in [-0.2, 0) is 11.3 Å².